The van der Waals surface area contributed by atoms with Crippen LogP contribution < -0.4 is 10.1 Å². The summed E-state index contributed by atoms with van der Waals surface area (Å²) in [7, 11) is 0. The van der Waals surface area contributed by atoms with Crippen LogP contribution in [0.4, 0.5) is 4.79 Å². The normalized spacial score (nSPS) is 11.9. The predicted molar refractivity (Wildman–Crippen MR) is 91.1 cm³/mol. The van der Waals surface area contributed by atoms with Gasteiger partial charge in [-0.15, -0.1) is 0 Å². The second-order valence-electron chi connectivity index (χ2n) is 6.96. The average Bonchev–Trinajstić information content (AvgIpc) is 2.96. The number of ether oxygens (including phenoxy) is 2. The number of nitrogens with zero attached hydrogens (tertiary/aromatic N) is 3. The molecular weight excluding hydrogens is 324 g/mol. The molecule has 2 aromatic heterocycles. The molecule has 0 radical (unpaired) electrons. The van der Waals surface area contributed by atoms with Crippen molar-refractivity contribution in [2.24, 2.45) is 0 Å². The van der Waals surface area contributed by atoms with Crippen LogP contribution in [0.15, 0.2) is 22.9 Å². The second kappa shape index (κ2) is 7.08. The molecule has 8 nitrogen and oxygen atoms in total. The molecule has 0 aliphatic carbocycles. The van der Waals surface area contributed by atoms with E-state index in [1.807, 2.05) is 6.92 Å². The highest BCUT2D eigenvalue weighted by atomic mass is 16.6. The summed E-state index contributed by atoms with van der Waals surface area (Å²) in [6.07, 6.45) is 1.07. The highest BCUT2D eigenvalue weighted by Crippen LogP contribution is 2.28. The maximum Gasteiger partial charge on any atom is 0.408 e. The third-order valence-corrected chi connectivity index (χ3v) is 3.08. The number of carbonyl (C=O) groups excluding carboxylic acids is 1. The smallest absolute Gasteiger partial charge is 0.408 e. The maximum absolute atomic E-state index is 12.0. The molecule has 0 atom stereocenters. The van der Waals surface area contributed by atoms with Crippen LogP contribution >= 0.6 is 0 Å². The first-order valence-electron chi connectivity index (χ1n) is 8.06. The van der Waals surface area contributed by atoms with Gasteiger partial charge in [-0.3, -0.25) is 0 Å². The Hall–Kier alpha value is -2.64. The van der Waals surface area contributed by atoms with Crippen molar-refractivity contribution in [2.75, 3.05) is 6.61 Å². The van der Waals surface area contributed by atoms with Crippen LogP contribution in [-0.4, -0.2) is 33.4 Å². The summed E-state index contributed by atoms with van der Waals surface area (Å²) in [6, 6.07) is 3.54. The van der Waals surface area contributed by atoms with Gasteiger partial charge in [-0.2, -0.15) is 4.98 Å². The van der Waals surface area contributed by atoms with Gasteiger partial charge in [0.15, 0.2) is 5.82 Å². The average molecular weight is 348 g/mol. The molecular formula is C17H24N4O4. The molecule has 1 amide bonds. The number of pyridine rings is 1. The monoisotopic (exact) mass is 348 g/mol. The van der Waals surface area contributed by atoms with Crippen LogP contribution in [0.1, 0.15) is 47.4 Å². The molecule has 136 valence electrons. The molecule has 0 aliphatic rings. The number of alkyl carbamates (subject to hydrolysis) is 1. The molecule has 1 N–H and O–H groups in total. The summed E-state index contributed by atoms with van der Waals surface area (Å²) in [5, 5.41) is 6.72. The summed E-state index contributed by atoms with van der Waals surface area (Å²) < 4.78 is 16.1. The summed E-state index contributed by atoms with van der Waals surface area (Å²) in [6.45, 7) is 11.2. The van der Waals surface area contributed by atoms with E-state index in [4.69, 9.17) is 14.0 Å². The number of hydrogen-bond donors (Lipinski definition) is 1. The van der Waals surface area contributed by atoms with Gasteiger partial charge in [0.1, 0.15) is 16.7 Å². The molecule has 0 spiro atoms. The number of nitrogens with one attached hydrogen (secondary N) is 1. The molecule has 0 unspecified atom stereocenters. The van der Waals surface area contributed by atoms with Gasteiger partial charge >= 0.3 is 6.09 Å². The van der Waals surface area contributed by atoms with Crippen LogP contribution in [0.2, 0.25) is 0 Å². The topological polar surface area (TPSA) is 99.4 Å². The first-order chi connectivity index (χ1) is 11.6. The molecule has 2 heterocycles. The number of hydrogen-bond acceptors (Lipinski definition) is 7. The molecule has 2 aromatic rings. The van der Waals surface area contributed by atoms with Crippen molar-refractivity contribution in [3.05, 3.63) is 24.2 Å². The third kappa shape index (κ3) is 4.91. The quantitative estimate of drug-likeness (QED) is 0.885. The van der Waals surface area contributed by atoms with Crippen molar-refractivity contribution < 1.29 is 18.8 Å². The van der Waals surface area contributed by atoms with Crippen molar-refractivity contribution in [3.8, 4) is 17.3 Å². The molecule has 0 fully saturated rings. The van der Waals surface area contributed by atoms with E-state index in [1.54, 1.807) is 52.9 Å². The van der Waals surface area contributed by atoms with Crippen LogP contribution in [0.3, 0.4) is 0 Å². The minimum Gasteiger partial charge on any atom is -0.477 e. The van der Waals surface area contributed by atoms with Crippen LogP contribution in [0, 0.1) is 0 Å². The van der Waals surface area contributed by atoms with Crippen molar-refractivity contribution in [1.29, 1.82) is 0 Å². The van der Waals surface area contributed by atoms with Gasteiger partial charge in [0.2, 0.25) is 5.88 Å². The van der Waals surface area contributed by atoms with Gasteiger partial charge < -0.3 is 19.3 Å². The fraction of sp³-hybridized carbons (Fsp3) is 0.529. The Labute approximate surface area is 146 Å². The fourth-order valence-electron chi connectivity index (χ4n) is 2.01. The second-order valence-corrected chi connectivity index (χ2v) is 6.96. The van der Waals surface area contributed by atoms with E-state index in [0.717, 1.165) is 0 Å². The first-order valence-corrected chi connectivity index (χ1v) is 8.06. The molecule has 8 heteroatoms. The lowest BCUT2D eigenvalue weighted by molar-refractivity contribution is 0.0465. The third-order valence-electron chi connectivity index (χ3n) is 3.08. The summed E-state index contributed by atoms with van der Waals surface area (Å²) >= 11 is 0. The summed E-state index contributed by atoms with van der Waals surface area (Å²) in [4.78, 5) is 20.6. The van der Waals surface area contributed by atoms with Gasteiger partial charge in [0, 0.05) is 6.20 Å². The first kappa shape index (κ1) is 18.7. The Morgan fingerprint density at radius 1 is 1.28 bits per heavy atom. The Bertz CT molecular complexity index is 734. The SMILES string of the molecule is CCOc1ncccc1-c1nc(C(C)(C)NC(=O)OC(C)(C)C)no1. The Balaban J connectivity index is 2.21. The van der Waals surface area contributed by atoms with E-state index in [2.05, 4.69) is 20.4 Å². The Kier molecular flexibility index (Phi) is 5.30. The van der Waals surface area contributed by atoms with Gasteiger partial charge in [0.25, 0.3) is 5.89 Å². The molecule has 0 aliphatic heterocycles. The van der Waals surface area contributed by atoms with Crippen LogP contribution in [-0.2, 0) is 10.3 Å². The number of aromatic nitrogens is 3. The van der Waals surface area contributed by atoms with E-state index in [-0.39, 0.29) is 5.89 Å². The number of carbonyl (C=O) groups is 1. The molecule has 2 rings (SSSR count). The van der Waals surface area contributed by atoms with Crippen molar-refractivity contribution in [3.63, 3.8) is 0 Å². The van der Waals surface area contributed by atoms with Crippen LogP contribution in [0.25, 0.3) is 11.5 Å². The maximum atomic E-state index is 12.0. The predicted octanol–water partition coefficient (Wildman–Crippen LogP) is 3.29. The van der Waals surface area contributed by atoms with Crippen molar-refractivity contribution in [1.82, 2.24) is 20.4 Å². The lowest BCUT2D eigenvalue weighted by atomic mass is 10.1. The van der Waals surface area contributed by atoms with E-state index in [9.17, 15) is 4.79 Å². The Morgan fingerprint density at radius 2 is 2.00 bits per heavy atom. The minimum atomic E-state index is -0.877. The zero-order valence-electron chi connectivity index (χ0n) is 15.4. The molecule has 0 saturated carbocycles. The molecule has 0 bridgehead atoms. The van der Waals surface area contributed by atoms with E-state index < -0.39 is 17.2 Å². The molecule has 0 aromatic carbocycles. The number of amides is 1. The van der Waals surface area contributed by atoms with Gasteiger partial charge in [-0.1, -0.05) is 5.16 Å². The van der Waals surface area contributed by atoms with E-state index >= 15 is 0 Å². The lowest BCUT2D eigenvalue weighted by Crippen LogP contribution is -2.44. The zero-order valence-corrected chi connectivity index (χ0v) is 15.4. The standard InChI is InChI=1S/C17H24N4O4/c1-7-23-12-11(9-8-10-18-12)13-19-14(21-25-13)17(5,6)20-15(22)24-16(2,3)4/h8-10H,7H2,1-6H3,(H,20,22). The van der Waals surface area contributed by atoms with E-state index in [0.29, 0.717) is 23.9 Å². The minimum absolute atomic E-state index is 0.269. The van der Waals surface area contributed by atoms with Crippen LogP contribution in [0.5, 0.6) is 5.88 Å². The van der Waals surface area contributed by atoms with Gasteiger partial charge in [0.05, 0.1) is 6.61 Å². The molecule has 25 heavy (non-hydrogen) atoms. The highest BCUT2D eigenvalue weighted by Gasteiger charge is 2.31. The van der Waals surface area contributed by atoms with Crippen molar-refractivity contribution >= 4 is 6.09 Å². The summed E-state index contributed by atoms with van der Waals surface area (Å²) in [5.41, 5.74) is -0.876. The van der Waals surface area contributed by atoms with E-state index in [1.165, 1.54) is 0 Å². The lowest BCUT2D eigenvalue weighted by Gasteiger charge is -2.26. The highest BCUT2D eigenvalue weighted by molar-refractivity contribution is 5.69. The van der Waals surface area contributed by atoms with Crippen molar-refractivity contribution in [2.45, 2.75) is 52.7 Å². The van der Waals surface area contributed by atoms with Gasteiger partial charge in [-0.25, -0.2) is 9.78 Å². The fourth-order valence-corrected chi connectivity index (χ4v) is 2.01. The number of rotatable bonds is 5. The van der Waals surface area contributed by atoms with Gasteiger partial charge in [-0.05, 0) is 53.7 Å². The zero-order chi connectivity index (χ0) is 18.7. The molecule has 0 saturated heterocycles. The largest absolute Gasteiger partial charge is 0.477 e. The summed E-state index contributed by atoms with van der Waals surface area (Å²) in [5.74, 6) is 1.00. The Morgan fingerprint density at radius 3 is 2.64 bits per heavy atom.